The minimum absolute atomic E-state index is 0.0516. The van der Waals surface area contributed by atoms with Gasteiger partial charge in [0.2, 0.25) is 0 Å². The van der Waals surface area contributed by atoms with Crippen LogP contribution in [0.3, 0.4) is 0 Å². The zero-order chi connectivity index (χ0) is 14.4. The van der Waals surface area contributed by atoms with Crippen molar-refractivity contribution in [1.29, 1.82) is 0 Å². The lowest BCUT2D eigenvalue weighted by Crippen LogP contribution is -1.98. The summed E-state index contributed by atoms with van der Waals surface area (Å²) in [5.41, 5.74) is -0.0516. The van der Waals surface area contributed by atoms with Crippen LogP contribution in [0.15, 0.2) is 36.4 Å². The molecule has 0 aromatic heterocycles. The van der Waals surface area contributed by atoms with Crippen molar-refractivity contribution in [2.24, 2.45) is 0 Å². The first-order valence-electron chi connectivity index (χ1n) is 5.84. The Morgan fingerprint density at radius 2 is 1.35 bits per heavy atom. The number of phenolic OH excluding ortho intramolecular Hbond substituents is 3. The van der Waals surface area contributed by atoms with Crippen LogP contribution in [-0.2, 0) is 0 Å². The molecule has 3 aromatic rings. The van der Waals surface area contributed by atoms with Crippen molar-refractivity contribution in [3.63, 3.8) is 0 Å². The minimum atomic E-state index is -1.18. The van der Waals surface area contributed by atoms with Gasteiger partial charge >= 0.3 is 5.97 Å². The van der Waals surface area contributed by atoms with E-state index < -0.39 is 11.7 Å². The number of carboxylic acid groups (broad SMARTS) is 1. The zero-order valence-electron chi connectivity index (χ0n) is 10.2. The second-order valence-corrected chi connectivity index (χ2v) is 4.43. The van der Waals surface area contributed by atoms with E-state index in [9.17, 15) is 25.2 Å². The summed E-state index contributed by atoms with van der Waals surface area (Å²) in [6, 6.07) is 8.75. The predicted octanol–water partition coefficient (Wildman–Crippen LogP) is 2.81. The molecule has 0 spiro atoms. The summed E-state index contributed by atoms with van der Waals surface area (Å²) in [5.74, 6) is -2.12. The summed E-state index contributed by atoms with van der Waals surface area (Å²) in [6.07, 6.45) is 0. The average molecular weight is 270 g/mol. The van der Waals surface area contributed by atoms with Gasteiger partial charge in [-0.15, -0.1) is 0 Å². The molecule has 5 heteroatoms. The molecule has 0 saturated carbocycles. The lowest BCUT2D eigenvalue weighted by Gasteiger charge is -2.12. The van der Waals surface area contributed by atoms with Crippen molar-refractivity contribution in [3.8, 4) is 17.2 Å². The van der Waals surface area contributed by atoms with E-state index in [-0.39, 0.29) is 38.6 Å². The number of benzene rings is 3. The molecule has 4 N–H and O–H groups in total. The van der Waals surface area contributed by atoms with Gasteiger partial charge in [-0.3, -0.25) is 0 Å². The highest BCUT2D eigenvalue weighted by Crippen LogP contribution is 2.45. The van der Waals surface area contributed by atoms with Crippen molar-refractivity contribution in [3.05, 3.63) is 42.0 Å². The summed E-state index contributed by atoms with van der Waals surface area (Å²) in [7, 11) is 0. The number of carbonyl (C=O) groups is 1. The first-order chi connectivity index (χ1) is 9.52. The molecular formula is C15H10O5. The molecule has 0 aliphatic heterocycles. The van der Waals surface area contributed by atoms with Gasteiger partial charge in [0, 0.05) is 21.5 Å². The molecule has 0 heterocycles. The van der Waals surface area contributed by atoms with Gasteiger partial charge in [-0.1, -0.05) is 24.3 Å². The van der Waals surface area contributed by atoms with Gasteiger partial charge in [0.1, 0.15) is 5.75 Å². The van der Waals surface area contributed by atoms with E-state index in [0.717, 1.165) is 0 Å². The van der Waals surface area contributed by atoms with Crippen molar-refractivity contribution in [1.82, 2.24) is 0 Å². The van der Waals surface area contributed by atoms with E-state index in [1.807, 2.05) is 0 Å². The smallest absolute Gasteiger partial charge is 0.336 e. The van der Waals surface area contributed by atoms with Crippen LogP contribution < -0.4 is 0 Å². The Balaban J connectivity index is 2.73. The monoisotopic (exact) mass is 270 g/mol. The van der Waals surface area contributed by atoms with Crippen LogP contribution in [0, 0.1) is 0 Å². The van der Waals surface area contributed by atoms with E-state index in [2.05, 4.69) is 0 Å². The Morgan fingerprint density at radius 1 is 0.800 bits per heavy atom. The first-order valence-corrected chi connectivity index (χ1v) is 5.84. The Kier molecular flexibility index (Phi) is 2.44. The van der Waals surface area contributed by atoms with Crippen molar-refractivity contribution in [2.45, 2.75) is 0 Å². The summed E-state index contributed by atoms with van der Waals surface area (Å²) < 4.78 is 0. The van der Waals surface area contributed by atoms with E-state index in [1.165, 1.54) is 36.4 Å². The maximum Gasteiger partial charge on any atom is 0.336 e. The number of phenols is 3. The van der Waals surface area contributed by atoms with Crippen LogP contribution in [0.2, 0.25) is 0 Å². The van der Waals surface area contributed by atoms with Gasteiger partial charge in [0.25, 0.3) is 0 Å². The molecule has 0 bridgehead atoms. The Hall–Kier alpha value is -2.95. The lowest BCUT2D eigenvalue weighted by molar-refractivity contribution is 0.0699. The van der Waals surface area contributed by atoms with Crippen LogP contribution in [0.5, 0.6) is 17.2 Å². The van der Waals surface area contributed by atoms with Gasteiger partial charge in [-0.2, -0.15) is 0 Å². The van der Waals surface area contributed by atoms with Gasteiger partial charge in [0.05, 0.1) is 5.56 Å². The maximum absolute atomic E-state index is 11.3. The van der Waals surface area contributed by atoms with E-state index >= 15 is 0 Å². The number of hydrogen-bond acceptors (Lipinski definition) is 4. The normalized spacial score (nSPS) is 11.0. The molecule has 0 aliphatic rings. The SMILES string of the molecule is O=C(O)c1cccc2c(O)c(O)c3cccc(O)c3c12. The quantitative estimate of drug-likeness (QED) is 0.402. The van der Waals surface area contributed by atoms with Gasteiger partial charge < -0.3 is 20.4 Å². The zero-order valence-corrected chi connectivity index (χ0v) is 10.2. The molecule has 0 unspecified atom stereocenters. The summed E-state index contributed by atoms with van der Waals surface area (Å²) >= 11 is 0. The predicted molar refractivity (Wildman–Crippen MR) is 73.4 cm³/mol. The molecule has 0 aliphatic carbocycles. The molecule has 5 nitrogen and oxygen atoms in total. The summed E-state index contributed by atoms with van der Waals surface area (Å²) in [6.45, 7) is 0. The van der Waals surface area contributed by atoms with E-state index in [1.54, 1.807) is 0 Å². The molecule has 0 atom stereocenters. The number of aromatic carboxylic acids is 1. The highest BCUT2D eigenvalue weighted by atomic mass is 16.4. The average Bonchev–Trinajstić information content (AvgIpc) is 2.43. The van der Waals surface area contributed by atoms with Crippen LogP contribution in [-0.4, -0.2) is 26.4 Å². The highest BCUT2D eigenvalue weighted by molar-refractivity contribution is 6.21. The fourth-order valence-electron chi connectivity index (χ4n) is 2.45. The van der Waals surface area contributed by atoms with E-state index in [4.69, 9.17) is 0 Å². The maximum atomic E-state index is 11.3. The molecular weight excluding hydrogens is 260 g/mol. The summed E-state index contributed by atoms with van der Waals surface area (Å²) in [5, 5.41) is 40.1. The number of fused-ring (bicyclic) bond motifs is 3. The van der Waals surface area contributed by atoms with Crippen LogP contribution in [0.1, 0.15) is 10.4 Å². The molecule has 0 fully saturated rings. The standard InChI is InChI=1S/C15H10O5/c16-10-6-2-4-8-12(10)11-7(13(17)14(8)18)3-1-5-9(11)15(19)20/h1-6,16-18H,(H,19,20). The highest BCUT2D eigenvalue weighted by Gasteiger charge is 2.19. The van der Waals surface area contributed by atoms with Crippen LogP contribution >= 0.6 is 0 Å². The topological polar surface area (TPSA) is 98.0 Å². The van der Waals surface area contributed by atoms with E-state index in [0.29, 0.717) is 0 Å². The second kappa shape index (κ2) is 4.03. The molecule has 100 valence electrons. The number of carboxylic acids is 1. The minimum Gasteiger partial charge on any atom is -0.507 e. The Bertz CT molecular complexity index is 867. The third-order valence-electron chi connectivity index (χ3n) is 3.32. The van der Waals surface area contributed by atoms with Crippen LogP contribution in [0.25, 0.3) is 21.5 Å². The lowest BCUT2D eigenvalue weighted by atomic mass is 9.95. The molecule has 0 amide bonds. The van der Waals surface area contributed by atoms with Crippen molar-refractivity contribution in [2.75, 3.05) is 0 Å². The first kappa shape index (κ1) is 12.1. The molecule has 3 aromatic carbocycles. The summed E-state index contributed by atoms with van der Waals surface area (Å²) in [4.78, 5) is 11.3. The number of aromatic hydroxyl groups is 3. The number of hydrogen-bond donors (Lipinski definition) is 4. The van der Waals surface area contributed by atoms with Gasteiger partial charge in [0.15, 0.2) is 11.5 Å². The van der Waals surface area contributed by atoms with Gasteiger partial charge in [-0.25, -0.2) is 4.79 Å². The fourth-order valence-corrected chi connectivity index (χ4v) is 2.45. The second-order valence-electron chi connectivity index (χ2n) is 4.43. The molecule has 3 rings (SSSR count). The van der Waals surface area contributed by atoms with Crippen LogP contribution in [0.4, 0.5) is 0 Å². The molecule has 0 radical (unpaired) electrons. The van der Waals surface area contributed by atoms with Crippen molar-refractivity contribution >= 4 is 27.5 Å². The van der Waals surface area contributed by atoms with Gasteiger partial charge in [-0.05, 0) is 12.1 Å². The molecule has 20 heavy (non-hydrogen) atoms. The largest absolute Gasteiger partial charge is 0.507 e. The Labute approximate surface area is 112 Å². The molecule has 0 saturated heterocycles. The Morgan fingerprint density at radius 3 is 1.95 bits per heavy atom. The third-order valence-corrected chi connectivity index (χ3v) is 3.32. The number of rotatable bonds is 1. The fraction of sp³-hybridized carbons (Fsp3) is 0. The third kappa shape index (κ3) is 1.46. The van der Waals surface area contributed by atoms with Crippen molar-refractivity contribution < 1.29 is 25.2 Å².